The van der Waals surface area contributed by atoms with Crippen molar-refractivity contribution in [3.8, 4) is 0 Å². The van der Waals surface area contributed by atoms with Gasteiger partial charge in [0, 0.05) is 19.0 Å². The fourth-order valence-electron chi connectivity index (χ4n) is 3.34. The summed E-state index contributed by atoms with van der Waals surface area (Å²) < 4.78 is 2.27. The van der Waals surface area contributed by atoms with Gasteiger partial charge in [-0.3, -0.25) is 0 Å². The molecule has 0 aliphatic carbocycles. The Morgan fingerprint density at radius 3 is 2.71 bits per heavy atom. The molecule has 112 valence electrons. The van der Waals surface area contributed by atoms with E-state index in [0.717, 1.165) is 24.6 Å². The molecule has 2 heterocycles. The molecule has 0 amide bonds. The summed E-state index contributed by atoms with van der Waals surface area (Å²) in [6.07, 6.45) is 2.25. The molecular weight excluding hydrogens is 260 g/mol. The van der Waals surface area contributed by atoms with Crippen molar-refractivity contribution in [2.45, 2.75) is 59.2 Å². The van der Waals surface area contributed by atoms with Crippen molar-refractivity contribution in [2.75, 3.05) is 0 Å². The minimum Gasteiger partial charge on any atom is -0.314 e. The van der Waals surface area contributed by atoms with Gasteiger partial charge in [0.05, 0.1) is 6.04 Å². The average Bonchev–Trinajstić information content (AvgIpc) is 3.00. The predicted octanol–water partition coefficient (Wildman–Crippen LogP) is 3.25. The number of hydrogen-bond donors (Lipinski definition) is 1. The Morgan fingerprint density at radius 2 is 1.95 bits per heavy atom. The first-order chi connectivity index (χ1) is 10.1. The average molecular weight is 284 g/mol. The maximum absolute atomic E-state index is 4.37. The maximum atomic E-state index is 4.37. The molecular formula is C17H24N4. The van der Waals surface area contributed by atoms with Crippen molar-refractivity contribution in [1.29, 1.82) is 0 Å². The quantitative estimate of drug-likeness (QED) is 0.937. The molecule has 0 radical (unpaired) electrons. The number of benzene rings is 1. The van der Waals surface area contributed by atoms with Gasteiger partial charge in [0.15, 0.2) is 0 Å². The van der Waals surface area contributed by atoms with Gasteiger partial charge >= 0.3 is 0 Å². The van der Waals surface area contributed by atoms with Gasteiger partial charge in [-0.05, 0) is 45.2 Å². The second-order valence-electron chi connectivity index (χ2n) is 6.20. The number of nitrogens with zero attached hydrogens (tertiary/aromatic N) is 3. The van der Waals surface area contributed by atoms with E-state index < -0.39 is 0 Å². The molecule has 1 aliphatic heterocycles. The highest BCUT2D eigenvalue weighted by molar-refractivity contribution is 5.32. The molecule has 21 heavy (non-hydrogen) atoms. The first-order valence-electron chi connectivity index (χ1n) is 7.81. The standard InChI is InChI=1S/C17H24N4/c1-11-7-8-15(12(2)10-11)13(3)18-14(4)17-20-19-16-6-5-9-21(16)17/h7-8,10,13-14,18H,5-6,9H2,1-4H3. The second-order valence-corrected chi connectivity index (χ2v) is 6.20. The van der Waals surface area contributed by atoms with Crippen LogP contribution in [-0.4, -0.2) is 14.8 Å². The van der Waals surface area contributed by atoms with Gasteiger partial charge < -0.3 is 9.88 Å². The van der Waals surface area contributed by atoms with Gasteiger partial charge in [-0.1, -0.05) is 23.8 Å². The summed E-state index contributed by atoms with van der Waals surface area (Å²) in [6, 6.07) is 7.16. The number of aryl methyl sites for hydroxylation is 3. The van der Waals surface area contributed by atoms with Crippen LogP contribution in [0.3, 0.4) is 0 Å². The van der Waals surface area contributed by atoms with Crippen LogP contribution in [-0.2, 0) is 13.0 Å². The second kappa shape index (κ2) is 5.60. The van der Waals surface area contributed by atoms with Crippen LogP contribution in [0.25, 0.3) is 0 Å². The minimum absolute atomic E-state index is 0.208. The van der Waals surface area contributed by atoms with Crippen molar-refractivity contribution >= 4 is 0 Å². The number of hydrogen-bond acceptors (Lipinski definition) is 3. The zero-order valence-electron chi connectivity index (χ0n) is 13.3. The largest absolute Gasteiger partial charge is 0.314 e. The minimum atomic E-state index is 0.208. The van der Waals surface area contributed by atoms with Gasteiger partial charge in [0.2, 0.25) is 0 Å². The first kappa shape index (κ1) is 14.3. The van der Waals surface area contributed by atoms with E-state index >= 15 is 0 Å². The molecule has 0 bridgehead atoms. The molecule has 1 aromatic heterocycles. The Balaban J connectivity index is 1.76. The summed E-state index contributed by atoms with van der Waals surface area (Å²) in [6.45, 7) is 9.77. The molecule has 0 saturated carbocycles. The molecule has 4 nitrogen and oxygen atoms in total. The van der Waals surface area contributed by atoms with Gasteiger partial charge in [-0.15, -0.1) is 10.2 Å². The van der Waals surface area contributed by atoms with Crippen LogP contribution in [0.2, 0.25) is 0 Å². The smallest absolute Gasteiger partial charge is 0.149 e. The van der Waals surface area contributed by atoms with E-state index in [1.807, 2.05) is 0 Å². The molecule has 1 N–H and O–H groups in total. The Labute approximate surface area is 126 Å². The number of rotatable bonds is 4. The maximum Gasteiger partial charge on any atom is 0.149 e. The Kier molecular flexibility index (Phi) is 3.81. The van der Waals surface area contributed by atoms with Crippen molar-refractivity contribution in [2.24, 2.45) is 0 Å². The molecule has 3 rings (SSSR count). The lowest BCUT2D eigenvalue weighted by molar-refractivity contribution is 0.458. The molecule has 0 fully saturated rings. The Hall–Kier alpha value is -1.68. The third kappa shape index (κ3) is 2.72. The lowest BCUT2D eigenvalue weighted by atomic mass is 10.00. The highest BCUT2D eigenvalue weighted by Gasteiger charge is 2.22. The lowest BCUT2D eigenvalue weighted by Crippen LogP contribution is -2.25. The van der Waals surface area contributed by atoms with Gasteiger partial charge in [-0.2, -0.15) is 0 Å². The monoisotopic (exact) mass is 284 g/mol. The normalized spacial score (nSPS) is 16.8. The zero-order valence-corrected chi connectivity index (χ0v) is 13.3. The molecule has 2 unspecified atom stereocenters. The highest BCUT2D eigenvalue weighted by atomic mass is 15.3. The van der Waals surface area contributed by atoms with Crippen LogP contribution in [0.5, 0.6) is 0 Å². The van der Waals surface area contributed by atoms with Gasteiger partial charge in [0.25, 0.3) is 0 Å². The molecule has 1 aromatic carbocycles. The van der Waals surface area contributed by atoms with Crippen molar-refractivity contribution in [3.05, 3.63) is 46.5 Å². The van der Waals surface area contributed by atoms with Crippen molar-refractivity contribution in [3.63, 3.8) is 0 Å². The van der Waals surface area contributed by atoms with Gasteiger partial charge in [-0.25, -0.2) is 0 Å². The predicted molar refractivity (Wildman–Crippen MR) is 84.2 cm³/mol. The van der Waals surface area contributed by atoms with Crippen molar-refractivity contribution in [1.82, 2.24) is 20.1 Å². The summed E-state index contributed by atoms with van der Waals surface area (Å²) in [5.74, 6) is 2.21. The summed E-state index contributed by atoms with van der Waals surface area (Å²) in [5, 5.41) is 12.3. The summed E-state index contributed by atoms with van der Waals surface area (Å²) in [4.78, 5) is 0. The van der Waals surface area contributed by atoms with E-state index in [1.54, 1.807) is 0 Å². The van der Waals surface area contributed by atoms with E-state index in [9.17, 15) is 0 Å². The zero-order chi connectivity index (χ0) is 15.0. The molecule has 2 aromatic rings. The van der Waals surface area contributed by atoms with Gasteiger partial charge in [0.1, 0.15) is 11.6 Å². The van der Waals surface area contributed by atoms with Crippen LogP contribution in [0.1, 0.15) is 60.7 Å². The SMILES string of the molecule is Cc1ccc(C(C)NC(C)c2nnc3n2CCC3)c(C)c1. The van der Waals surface area contributed by atoms with Crippen LogP contribution < -0.4 is 5.32 Å². The Morgan fingerprint density at radius 1 is 1.14 bits per heavy atom. The van der Waals surface area contributed by atoms with Crippen LogP contribution in [0.4, 0.5) is 0 Å². The summed E-state index contributed by atoms with van der Waals surface area (Å²) >= 11 is 0. The fourth-order valence-corrected chi connectivity index (χ4v) is 3.34. The van der Waals surface area contributed by atoms with Crippen LogP contribution >= 0.6 is 0 Å². The van der Waals surface area contributed by atoms with E-state index in [-0.39, 0.29) is 6.04 Å². The van der Waals surface area contributed by atoms with Crippen molar-refractivity contribution < 1.29 is 0 Å². The van der Waals surface area contributed by atoms with E-state index in [4.69, 9.17) is 0 Å². The molecule has 0 spiro atoms. The summed E-state index contributed by atoms with van der Waals surface area (Å²) in [5.41, 5.74) is 4.01. The van der Waals surface area contributed by atoms with E-state index in [1.165, 1.54) is 23.1 Å². The third-order valence-electron chi connectivity index (χ3n) is 4.42. The molecule has 2 atom stereocenters. The fraction of sp³-hybridized carbons (Fsp3) is 0.529. The lowest BCUT2D eigenvalue weighted by Gasteiger charge is -2.21. The molecule has 4 heteroatoms. The molecule has 1 aliphatic rings. The van der Waals surface area contributed by atoms with Crippen LogP contribution in [0.15, 0.2) is 18.2 Å². The third-order valence-corrected chi connectivity index (χ3v) is 4.42. The topological polar surface area (TPSA) is 42.7 Å². The first-order valence-corrected chi connectivity index (χ1v) is 7.81. The highest BCUT2D eigenvalue weighted by Crippen LogP contribution is 2.24. The number of fused-ring (bicyclic) bond motifs is 1. The molecule has 0 saturated heterocycles. The van der Waals surface area contributed by atoms with Crippen LogP contribution in [0, 0.1) is 13.8 Å². The summed E-state index contributed by atoms with van der Waals surface area (Å²) in [7, 11) is 0. The Bertz CT molecular complexity index is 644. The van der Waals surface area contributed by atoms with E-state index in [2.05, 4.69) is 66.0 Å². The number of nitrogens with one attached hydrogen (secondary N) is 1. The number of aromatic nitrogens is 3. The van der Waals surface area contributed by atoms with E-state index in [0.29, 0.717) is 6.04 Å².